The van der Waals surface area contributed by atoms with Gasteiger partial charge in [-0.15, -0.1) is 0 Å². The lowest BCUT2D eigenvalue weighted by atomic mass is 10.1. The molecule has 0 unspecified atom stereocenters. The number of fused-ring (bicyclic) bond motifs is 1. The summed E-state index contributed by atoms with van der Waals surface area (Å²) in [6.07, 6.45) is 2.56. The number of rotatable bonds is 3. The quantitative estimate of drug-likeness (QED) is 0.903. The third-order valence-electron chi connectivity index (χ3n) is 3.29. The largest absolute Gasteiger partial charge is 0.496 e. The van der Waals surface area contributed by atoms with E-state index in [1.165, 1.54) is 0 Å². The Morgan fingerprint density at radius 1 is 1.35 bits per heavy atom. The number of nitrogens with one attached hydrogen (secondary N) is 2. The molecule has 5 nitrogen and oxygen atoms in total. The van der Waals surface area contributed by atoms with Crippen molar-refractivity contribution in [3.63, 3.8) is 0 Å². The number of hydrogen-bond donors (Lipinski definition) is 2. The molecule has 0 atom stereocenters. The van der Waals surface area contributed by atoms with E-state index < -0.39 is 0 Å². The second-order valence-corrected chi connectivity index (χ2v) is 5.40. The molecule has 0 radical (unpaired) electrons. The summed E-state index contributed by atoms with van der Waals surface area (Å²) in [5.41, 5.74) is 3.23. The fraction of sp³-hybridized carbons (Fsp3) is 0.286. The summed E-state index contributed by atoms with van der Waals surface area (Å²) in [5.74, 6) is 1.67. The van der Waals surface area contributed by atoms with E-state index in [1.807, 2.05) is 18.2 Å². The minimum absolute atomic E-state index is 0.801. The highest BCUT2D eigenvalue weighted by Gasteiger charge is 2.15. The maximum Gasteiger partial charge on any atom is 0.138 e. The van der Waals surface area contributed by atoms with Gasteiger partial charge in [-0.25, -0.2) is 9.97 Å². The lowest BCUT2D eigenvalue weighted by Gasteiger charge is -2.19. The molecular formula is C14H15BrN4O. The van der Waals surface area contributed by atoms with E-state index in [4.69, 9.17) is 4.74 Å². The van der Waals surface area contributed by atoms with Crippen LogP contribution in [0.15, 0.2) is 29.0 Å². The van der Waals surface area contributed by atoms with Gasteiger partial charge in [-0.2, -0.15) is 0 Å². The van der Waals surface area contributed by atoms with Crippen LogP contribution in [0.4, 0.5) is 11.5 Å². The van der Waals surface area contributed by atoms with E-state index in [1.54, 1.807) is 13.4 Å². The molecule has 0 spiro atoms. The van der Waals surface area contributed by atoms with Crippen LogP contribution >= 0.6 is 15.9 Å². The molecule has 1 aliphatic rings. The zero-order chi connectivity index (χ0) is 13.9. The minimum Gasteiger partial charge on any atom is -0.496 e. The summed E-state index contributed by atoms with van der Waals surface area (Å²) >= 11 is 3.49. The molecule has 1 aliphatic heterocycles. The van der Waals surface area contributed by atoms with Crippen LogP contribution in [0, 0.1) is 0 Å². The number of methoxy groups -OCH3 is 1. The van der Waals surface area contributed by atoms with Crippen molar-refractivity contribution in [3.8, 4) is 5.75 Å². The van der Waals surface area contributed by atoms with Gasteiger partial charge in [0.05, 0.1) is 17.3 Å². The minimum atomic E-state index is 0.801. The maximum absolute atomic E-state index is 5.23. The van der Waals surface area contributed by atoms with Gasteiger partial charge in [-0.3, -0.25) is 0 Å². The first kappa shape index (κ1) is 13.3. The molecule has 2 heterocycles. The van der Waals surface area contributed by atoms with Gasteiger partial charge in [-0.05, 0) is 34.1 Å². The monoisotopic (exact) mass is 334 g/mol. The first-order chi connectivity index (χ1) is 9.78. The molecular weight excluding hydrogens is 320 g/mol. The molecule has 3 rings (SSSR count). The standard InChI is InChI=1S/C14H15BrN4O/c1-20-13-3-2-9(6-11(13)15)19-14-10-7-16-5-4-12(10)17-8-18-14/h2-3,6,8,16H,4-5,7H2,1H3,(H,17,18,19). The van der Waals surface area contributed by atoms with E-state index in [9.17, 15) is 0 Å². The molecule has 2 N–H and O–H groups in total. The SMILES string of the molecule is COc1ccc(Nc2ncnc3c2CNCC3)cc1Br. The number of nitrogens with zero attached hydrogens (tertiary/aromatic N) is 2. The normalized spacial score (nSPS) is 13.7. The van der Waals surface area contributed by atoms with E-state index in [0.717, 1.165) is 52.5 Å². The number of aromatic nitrogens is 2. The first-order valence-corrected chi connectivity index (χ1v) is 7.21. The lowest BCUT2D eigenvalue weighted by molar-refractivity contribution is 0.412. The molecule has 1 aromatic carbocycles. The summed E-state index contributed by atoms with van der Waals surface area (Å²) in [4.78, 5) is 8.70. The van der Waals surface area contributed by atoms with Crippen LogP contribution in [0.25, 0.3) is 0 Å². The number of hydrogen-bond acceptors (Lipinski definition) is 5. The number of ether oxygens (including phenoxy) is 1. The topological polar surface area (TPSA) is 59.1 Å². The molecule has 0 aliphatic carbocycles. The second-order valence-electron chi connectivity index (χ2n) is 4.55. The molecule has 0 saturated heterocycles. The van der Waals surface area contributed by atoms with Crippen LogP contribution in [-0.2, 0) is 13.0 Å². The molecule has 6 heteroatoms. The molecule has 0 bridgehead atoms. The van der Waals surface area contributed by atoms with Gasteiger partial charge in [0, 0.05) is 30.8 Å². The average Bonchev–Trinajstić information content (AvgIpc) is 2.48. The van der Waals surface area contributed by atoms with Crippen LogP contribution in [0.1, 0.15) is 11.3 Å². The molecule has 0 fully saturated rings. The van der Waals surface area contributed by atoms with Gasteiger partial charge >= 0.3 is 0 Å². The third-order valence-corrected chi connectivity index (χ3v) is 3.91. The highest BCUT2D eigenvalue weighted by molar-refractivity contribution is 9.10. The van der Waals surface area contributed by atoms with Crippen LogP contribution in [0.3, 0.4) is 0 Å². The Bertz CT molecular complexity index is 633. The Kier molecular flexibility index (Phi) is 3.84. The maximum atomic E-state index is 5.23. The molecule has 20 heavy (non-hydrogen) atoms. The Labute approximate surface area is 125 Å². The van der Waals surface area contributed by atoms with Crippen LogP contribution in [0.5, 0.6) is 5.75 Å². The van der Waals surface area contributed by atoms with Crippen molar-refractivity contribution in [1.82, 2.24) is 15.3 Å². The van der Waals surface area contributed by atoms with Gasteiger partial charge in [-0.1, -0.05) is 0 Å². The smallest absolute Gasteiger partial charge is 0.138 e. The van der Waals surface area contributed by atoms with Crippen molar-refractivity contribution in [2.75, 3.05) is 19.0 Å². The van der Waals surface area contributed by atoms with Crippen molar-refractivity contribution in [2.45, 2.75) is 13.0 Å². The van der Waals surface area contributed by atoms with Crippen molar-refractivity contribution < 1.29 is 4.74 Å². The zero-order valence-corrected chi connectivity index (χ0v) is 12.7. The summed E-state index contributed by atoms with van der Waals surface area (Å²) in [5, 5.41) is 6.70. The molecule has 0 saturated carbocycles. The predicted molar refractivity (Wildman–Crippen MR) is 81.4 cm³/mol. The van der Waals surface area contributed by atoms with Gasteiger partial charge in [0.25, 0.3) is 0 Å². The highest BCUT2D eigenvalue weighted by Crippen LogP contribution is 2.30. The fourth-order valence-corrected chi connectivity index (χ4v) is 2.80. The summed E-state index contributed by atoms with van der Waals surface area (Å²) in [6, 6.07) is 5.86. The van der Waals surface area contributed by atoms with Crippen LogP contribution < -0.4 is 15.4 Å². The Morgan fingerprint density at radius 3 is 3.05 bits per heavy atom. The molecule has 2 aromatic rings. The number of halogens is 1. The predicted octanol–water partition coefficient (Wildman–Crippen LogP) is 2.64. The summed E-state index contributed by atoms with van der Waals surface area (Å²) in [6.45, 7) is 1.77. The molecule has 0 amide bonds. The van der Waals surface area contributed by atoms with Crippen molar-refractivity contribution >= 4 is 27.4 Å². The summed E-state index contributed by atoms with van der Waals surface area (Å²) in [7, 11) is 1.65. The van der Waals surface area contributed by atoms with Gasteiger partial charge in [0.2, 0.25) is 0 Å². The van der Waals surface area contributed by atoms with Gasteiger partial charge < -0.3 is 15.4 Å². The summed E-state index contributed by atoms with van der Waals surface area (Å²) < 4.78 is 6.14. The Morgan fingerprint density at radius 2 is 2.25 bits per heavy atom. The second kappa shape index (κ2) is 5.76. The van der Waals surface area contributed by atoms with Crippen molar-refractivity contribution in [1.29, 1.82) is 0 Å². The van der Waals surface area contributed by atoms with Gasteiger partial charge in [0.1, 0.15) is 17.9 Å². The van der Waals surface area contributed by atoms with Crippen LogP contribution in [0.2, 0.25) is 0 Å². The van der Waals surface area contributed by atoms with E-state index >= 15 is 0 Å². The van der Waals surface area contributed by atoms with E-state index in [2.05, 4.69) is 36.5 Å². The average molecular weight is 335 g/mol. The van der Waals surface area contributed by atoms with Gasteiger partial charge in [0.15, 0.2) is 0 Å². The van der Waals surface area contributed by atoms with Crippen molar-refractivity contribution in [3.05, 3.63) is 40.3 Å². The zero-order valence-electron chi connectivity index (χ0n) is 11.1. The Hall–Kier alpha value is -1.66. The number of anilines is 2. The highest BCUT2D eigenvalue weighted by atomic mass is 79.9. The third kappa shape index (κ3) is 2.62. The van der Waals surface area contributed by atoms with E-state index in [0.29, 0.717) is 0 Å². The Balaban J connectivity index is 1.90. The van der Waals surface area contributed by atoms with Crippen molar-refractivity contribution in [2.24, 2.45) is 0 Å². The van der Waals surface area contributed by atoms with E-state index in [-0.39, 0.29) is 0 Å². The molecule has 104 valence electrons. The first-order valence-electron chi connectivity index (χ1n) is 6.42. The lowest BCUT2D eigenvalue weighted by Crippen LogP contribution is -2.25. The fourth-order valence-electron chi connectivity index (χ4n) is 2.26. The molecule has 1 aromatic heterocycles. The number of benzene rings is 1. The van der Waals surface area contributed by atoms with Crippen LogP contribution in [-0.4, -0.2) is 23.6 Å².